The second-order valence-electron chi connectivity index (χ2n) is 7.46. The van der Waals surface area contributed by atoms with E-state index in [9.17, 15) is 13.2 Å². The molecule has 1 aliphatic rings. The van der Waals surface area contributed by atoms with Crippen LogP contribution in [-0.4, -0.2) is 40.1 Å². The van der Waals surface area contributed by atoms with E-state index in [0.717, 1.165) is 23.0 Å². The topological polar surface area (TPSA) is 107 Å². The van der Waals surface area contributed by atoms with E-state index >= 15 is 0 Å². The van der Waals surface area contributed by atoms with Gasteiger partial charge >= 0.3 is 0 Å². The number of aryl methyl sites for hydroxylation is 1. The van der Waals surface area contributed by atoms with Crippen molar-refractivity contribution < 1.29 is 13.2 Å². The monoisotopic (exact) mass is 487 g/mol. The first-order chi connectivity index (χ1) is 16.4. The number of fused-ring (bicyclic) bond motifs is 1. The molecule has 168 valence electrons. The Morgan fingerprint density at radius 3 is 2.29 bits per heavy atom. The average molecular weight is 488 g/mol. The van der Waals surface area contributed by atoms with E-state index in [-0.39, 0.29) is 21.3 Å². The Balaban J connectivity index is 1.58. The van der Waals surface area contributed by atoms with Crippen LogP contribution in [0.4, 0.5) is 0 Å². The highest BCUT2D eigenvalue weighted by molar-refractivity contribution is 8.04. The molecular weight excluding hydrogens is 470 g/mol. The number of rotatable bonds is 5. The number of hydrogen-bond donors (Lipinski definition) is 0. The van der Waals surface area contributed by atoms with Crippen molar-refractivity contribution in [2.45, 2.75) is 17.0 Å². The second-order valence-corrected chi connectivity index (χ2v) is 10.1. The smallest absolute Gasteiger partial charge is 0.282 e. The number of carbonyl (C=O) groups excluding carboxylic acids is 1. The fourth-order valence-electron chi connectivity index (χ4n) is 3.42. The number of ketones is 1. The van der Waals surface area contributed by atoms with Crippen molar-refractivity contribution in [3.05, 3.63) is 107 Å². The third kappa shape index (κ3) is 4.20. The minimum Gasteiger partial charge on any atom is -0.288 e. The van der Waals surface area contributed by atoms with Gasteiger partial charge in [0.05, 0.1) is 21.2 Å². The number of sulfonamides is 1. The standard InChI is InChI=1S/C24H17N5O3S2/c1-16-11-13-18(14-12-16)34(31,32)26-21-15-22(23(30)20-10-6-5-9-19(20)21)33-24-25-27-28-29(24)17-7-3-2-4-8-17/h2-15H,1H3/b26-21-. The third-order valence-corrected chi connectivity index (χ3v) is 7.38. The van der Waals surface area contributed by atoms with Crippen molar-refractivity contribution in [3.63, 3.8) is 0 Å². The Morgan fingerprint density at radius 1 is 0.882 bits per heavy atom. The molecule has 8 nitrogen and oxygen atoms in total. The van der Waals surface area contributed by atoms with Gasteiger partial charge in [0.15, 0.2) is 0 Å². The van der Waals surface area contributed by atoms with Crippen LogP contribution in [0.5, 0.6) is 0 Å². The van der Waals surface area contributed by atoms with Crippen LogP contribution in [0.15, 0.2) is 104 Å². The number of para-hydroxylation sites is 1. The zero-order chi connectivity index (χ0) is 23.7. The molecule has 3 aromatic carbocycles. The normalized spacial score (nSPS) is 14.7. The van der Waals surface area contributed by atoms with Crippen molar-refractivity contribution >= 4 is 33.3 Å². The van der Waals surface area contributed by atoms with Crippen molar-refractivity contribution in [1.82, 2.24) is 20.2 Å². The van der Waals surface area contributed by atoms with Gasteiger partial charge in [0.1, 0.15) is 0 Å². The molecule has 1 aliphatic carbocycles. The van der Waals surface area contributed by atoms with Crippen molar-refractivity contribution in [3.8, 4) is 5.69 Å². The SMILES string of the molecule is Cc1ccc(S(=O)(=O)/N=C2/C=C(Sc3nnnn3-c3ccccc3)C(=O)c3ccccc32)cc1. The summed E-state index contributed by atoms with van der Waals surface area (Å²) >= 11 is 1.05. The maximum Gasteiger partial charge on any atom is 0.282 e. The van der Waals surface area contributed by atoms with Gasteiger partial charge in [-0.1, -0.05) is 60.2 Å². The summed E-state index contributed by atoms with van der Waals surface area (Å²) < 4.78 is 31.6. The van der Waals surface area contributed by atoms with E-state index in [1.807, 2.05) is 37.3 Å². The van der Waals surface area contributed by atoms with E-state index < -0.39 is 10.0 Å². The summed E-state index contributed by atoms with van der Waals surface area (Å²) in [7, 11) is -4.00. The van der Waals surface area contributed by atoms with Crippen LogP contribution in [0.2, 0.25) is 0 Å². The van der Waals surface area contributed by atoms with Gasteiger partial charge in [-0.3, -0.25) is 4.79 Å². The number of Topliss-reactive ketones (excluding diaryl/α,β-unsaturated/α-hetero) is 1. The minimum absolute atomic E-state index is 0.0793. The van der Waals surface area contributed by atoms with Gasteiger partial charge in [-0.15, -0.1) is 5.10 Å². The molecule has 1 aromatic heterocycles. The zero-order valence-electron chi connectivity index (χ0n) is 17.9. The van der Waals surface area contributed by atoms with Crippen LogP contribution < -0.4 is 0 Å². The van der Waals surface area contributed by atoms with Crippen molar-refractivity contribution in [2.24, 2.45) is 4.40 Å². The average Bonchev–Trinajstić information content (AvgIpc) is 3.31. The molecule has 0 fully saturated rings. The highest BCUT2D eigenvalue weighted by atomic mass is 32.2. The first-order valence-corrected chi connectivity index (χ1v) is 12.5. The molecule has 0 saturated carbocycles. The number of benzene rings is 3. The molecule has 0 bridgehead atoms. The van der Waals surface area contributed by atoms with Crippen LogP contribution in [0.1, 0.15) is 21.5 Å². The second kappa shape index (κ2) is 8.81. The lowest BCUT2D eigenvalue weighted by Crippen LogP contribution is -2.18. The van der Waals surface area contributed by atoms with E-state index in [0.29, 0.717) is 16.3 Å². The molecule has 0 spiro atoms. The van der Waals surface area contributed by atoms with Gasteiger partial charge in [0, 0.05) is 11.1 Å². The number of tetrazole rings is 1. The fourth-order valence-corrected chi connectivity index (χ4v) is 5.29. The fraction of sp³-hybridized carbons (Fsp3) is 0.0417. The Labute approximate surface area is 200 Å². The number of carbonyl (C=O) groups is 1. The van der Waals surface area contributed by atoms with Crippen LogP contribution in [0.3, 0.4) is 0 Å². The maximum absolute atomic E-state index is 13.2. The van der Waals surface area contributed by atoms with Crippen LogP contribution >= 0.6 is 11.8 Å². The van der Waals surface area contributed by atoms with E-state index in [1.54, 1.807) is 36.4 Å². The molecule has 4 aromatic rings. The number of allylic oxidation sites excluding steroid dienone is 2. The van der Waals surface area contributed by atoms with Gasteiger partial charge in [0.2, 0.25) is 10.9 Å². The predicted molar refractivity (Wildman–Crippen MR) is 129 cm³/mol. The van der Waals surface area contributed by atoms with Crippen LogP contribution in [0, 0.1) is 6.92 Å². The molecule has 0 N–H and O–H groups in total. The van der Waals surface area contributed by atoms with Gasteiger partial charge in [-0.05, 0) is 59.5 Å². The largest absolute Gasteiger partial charge is 0.288 e. The molecule has 5 rings (SSSR count). The van der Waals surface area contributed by atoms with Crippen molar-refractivity contribution in [1.29, 1.82) is 0 Å². The number of hydrogen-bond acceptors (Lipinski definition) is 7. The molecular formula is C24H17N5O3S2. The third-order valence-electron chi connectivity index (χ3n) is 5.12. The van der Waals surface area contributed by atoms with Gasteiger partial charge in [0.25, 0.3) is 10.0 Å². The molecule has 0 unspecified atom stereocenters. The molecule has 10 heteroatoms. The Kier molecular flexibility index (Phi) is 5.68. The lowest BCUT2D eigenvalue weighted by Gasteiger charge is -2.17. The lowest BCUT2D eigenvalue weighted by molar-refractivity contribution is 0.104. The predicted octanol–water partition coefficient (Wildman–Crippen LogP) is 4.02. The molecule has 0 atom stereocenters. The Bertz CT molecular complexity index is 1560. The molecule has 0 radical (unpaired) electrons. The highest BCUT2D eigenvalue weighted by Gasteiger charge is 2.28. The molecule has 0 saturated heterocycles. The molecule has 0 amide bonds. The summed E-state index contributed by atoms with van der Waals surface area (Å²) in [6, 6.07) is 22.5. The number of nitrogens with zero attached hydrogens (tertiary/aromatic N) is 5. The highest BCUT2D eigenvalue weighted by Crippen LogP contribution is 2.33. The molecule has 0 aliphatic heterocycles. The van der Waals surface area contributed by atoms with Gasteiger partial charge in [-0.2, -0.15) is 17.5 Å². The summed E-state index contributed by atoms with van der Waals surface area (Å²) in [5, 5.41) is 12.2. The first kappa shape index (κ1) is 21.9. The lowest BCUT2D eigenvalue weighted by atomic mass is 9.94. The van der Waals surface area contributed by atoms with E-state index in [4.69, 9.17) is 0 Å². The Morgan fingerprint density at radius 2 is 1.56 bits per heavy atom. The van der Waals surface area contributed by atoms with E-state index in [2.05, 4.69) is 19.9 Å². The van der Waals surface area contributed by atoms with Gasteiger partial charge < -0.3 is 0 Å². The Hall–Kier alpha value is -3.89. The first-order valence-electron chi connectivity index (χ1n) is 10.2. The summed E-state index contributed by atoms with van der Waals surface area (Å²) in [4.78, 5) is 13.6. The summed E-state index contributed by atoms with van der Waals surface area (Å²) in [6.45, 7) is 1.88. The summed E-state index contributed by atoms with van der Waals surface area (Å²) in [5.41, 5.74) is 2.67. The quantitative estimate of drug-likeness (QED) is 0.418. The molecule has 1 heterocycles. The number of thioether (sulfide) groups is 1. The number of aromatic nitrogens is 4. The summed E-state index contributed by atoms with van der Waals surface area (Å²) in [5.74, 6) is -0.255. The zero-order valence-corrected chi connectivity index (χ0v) is 19.5. The minimum atomic E-state index is -4.00. The van der Waals surface area contributed by atoms with Crippen LogP contribution in [0.25, 0.3) is 5.69 Å². The van der Waals surface area contributed by atoms with Gasteiger partial charge in [-0.25, -0.2) is 0 Å². The van der Waals surface area contributed by atoms with E-state index in [1.165, 1.54) is 22.9 Å². The summed E-state index contributed by atoms with van der Waals surface area (Å²) in [6.07, 6.45) is 1.48. The maximum atomic E-state index is 13.2. The molecule has 34 heavy (non-hydrogen) atoms. The van der Waals surface area contributed by atoms with Crippen molar-refractivity contribution in [2.75, 3.05) is 0 Å². The van der Waals surface area contributed by atoms with Crippen LogP contribution in [-0.2, 0) is 10.0 Å².